The summed E-state index contributed by atoms with van der Waals surface area (Å²) in [5.74, 6) is 0.328. The molecule has 0 radical (unpaired) electrons. The first-order chi connectivity index (χ1) is 9.52. The maximum Gasteiger partial charge on any atom is 0.241 e. The number of nitrogens with one attached hydrogen (secondary N) is 1. The lowest BCUT2D eigenvalue weighted by Gasteiger charge is -2.14. The first-order valence-corrected chi connectivity index (χ1v) is 7.68. The predicted molar refractivity (Wildman–Crippen MR) is 85.7 cm³/mol. The summed E-state index contributed by atoms with van der Waals surface area (Å²) in [4.78, 5) is 11.9. The van der Waals surface area contributed by atoms with Crippen LogP contribution >= 0.6 is 0 Å². The van der Waals surface area contributed by atoms with Crippen molar-refractivity contribution in [3.8, 4) is 0 Å². The highest BCUT2D eigenvalue weighted by molar-refractivity contribution is 5.94. The summed E-state index contributed by atoms with van der Waals surface area (Å²) in [5.41, 5.74) is 8.01. The van der Waals surface area contributed by atoms with Crippen LogP contribution in [0.1, 0.15) is 52.0 Å². The van der Waals surface area contributed by atoms with Crippen molar-refractivity contribution < 1.29 is 4.79 Å². The van der Waals surface area contributed by atoms with Gasteiger partial charge in [0.2, 0.25) is 5.91 Å². The molecule has 0 fully saturated rings. The molecular weight excluding hydrogens is 248 g/mol. The van der Waals surface area contributed by atoms with Gasteiger partial charge in [-0.2, -0.15) is 0 Å². The molecule has 0 saturated heterocycles. The van der Waals surface area contributed by atoms with Gasteiger partial charge < -0.3 is 11.1 Å². The summed E-state index contributed by atoms with van der Waals surface area (Å²) in [6.07, 6.45) is 5.54. The van der Waals surface area contributed by atoms with Crippen molar-refractivity contribution in [1.82, 2.24) is 0 Å². The zero-order valence-corrected chi connectivity index (χ0v) is 13.0. The van der Waals surface area contributed by atoms with Crippen LogP contribution in [0.3, 0.4) is 0 Å². The number of anilines is 1. The average Bonchev–Trinajstić information content (AvgIpc) is 2.40. The quantitative estimate of drug-likeness (QED) is 0.711. The summed E-state index contributed by atoms with van der Waals surface area (Å²) < 4.78 is 0. The Bertz CT molecular complexity index is 398. The van der Waals surface area contributed by atoms with Crippen LogP contribution in [0, 0.1) is 5.92 Å². The Morgan fingerprint density at radius 1 is 1.20 bits per heavy atom. The van der Waals surface area contributed by atoms with Crippen LogP contribution in [0.4, 0.5) is 5.69 Å². The summed E-state index contributed by atoms with van der Waals surface area (Å²) in [5, 5.41) is 2.88. The maximum atomic E-state index is 11.9. The zero-order valence-electron chi connectivity index (χ0n) is 13.0. The molecule has 1 aromatic carbocycles. The largest absolute Gasteiger partial charge is 0.325 e. The van der Waals surface area contributed by atoms with E-state index < -0.39 is 6.04 Å². The van der Waals surface area contributed by atoms with Crippen LogP contribution in [0.15, 0.2) is 24.3 Å². The van der Waals surface area contributed by atoms with Gasteiger partial charge in [-0.15, -0.1) is 0 Å². The molecule has 112 valence electrons. The van der Waals surface area contributed by atoms with Gasteiger partial charge in [0.1, 0.15) is 0 Å². The van der Waals surface area contributed by atoms with Gasteiger partial charge in [0.05, 0.1) is 6.04 Å². The van der Waals surface area contributed by atoms with Gasteiger partial charge in [-0.1, -0.05) is 45.7 Å². The van der Waals surface area contributed by atoms with Crippen LogP contribution < -0.4 is 11.1 Å². The highest BCUT2D eigenvalue weighted by Gasteiger charge is 2.14. The molecular formula is C17H28N2O. The second kappa shape index (κ2) is 8.75. The van der Waals surface area contributed by atoms with Gasteiger partial charge in [-0.25, -0.2) is 0 Å². The van der Waals surface area contributed by atoms with Crippen molar-refractivity contribution in [3.63, 3.8) is 0 Å². The number of rotatable bonds is 8. The Labute approximate surface area is 122 Å². The average molecular weight is 276 g/mol. The number of aryl methyl sites for hydroxylation is 1. The van der Waals surface area contributed by atoms with E-state index in [1.54, 1.807) is 0 Å². The third kappa shape index (κ3) is 6.20. The van der Waals surface area contributed by atoms with Crippen molar-refractivity contribution in [2.45, 2.75) is 58.9 Å². The van der Waals surface area contributed by atoms with Gasteiger partial charge >= 0.3 is 0 Å². The van der Waals surface area contributed by atoms with Gasteiger partial charge in [-0.3, -0.25) is 4.79 Å². The Balaban J connectivity index is 2.46. The van der Waals surface area contributed by atoms with Crippen molar-refractivity contribution in [2.75, 3.05) is 5.32 Å². The molecule has 20 heavy (non-hydrogen) atoms. The number of nitrogens with two attached hydrogens (primary N) is 1. The van der Waals surface area contributed by atoms with Crippen molar-refractivity contribution in [3.05, 3.63) is 29.8 Å². The lowest BCUT2D eigenvalue weighted by Crippen LogP contribution is -2.36. The van der Waals surface area contributed by atoms with Gasteiger partial charge in [0.15, 0.2) is 0 Å². The van der Waals surface area contributed by atoms with E-state index in [0.717, 1.165) is 12.1 Å². The molecule has 3 heteroatoms. The topological polar surface area (TPSA) is 55.1 Å². The minimum atomic E-state index is -0.431. The highest BCUT2D eigenvalue weighted by Crippen LogP contribution is 2.13. The first-order valence-electron chi connectivity index (χ1n) is 7.68. The molecule has 0 saturated carbocycles. The summed E-state index contributed by atoms with van der Waals surface area (Å²) in [7, 11) is 0. The standard InChI is InChI=1S/C17H28N2O/c1-4-5-6-7-14-8-10-15(11-9-14)19-17(20)16(18)12-13(2)3/h8-11,13,16H,4-7,12,18H2,1-3H3,(H,19,20). The van der Waals surface area contributed by atoms with E-state index in [1.165, 1.54) is 24.8 Å². The number of hydrogen-bond acceptors (Lipinski definition) is 2. The zero-order chi connectivity index (χ0) is 15.0. The van der Waals surface area contributed by atoms with Gasteiger partial charge in [0.25, 0.3) is 0 Å². The molecule has 3 nitrogen and oxygen atoms in total. The van der Waals surface area contributed by atoms with Crippen LogP contribution in [-0.4, -0.2) is 11.9 Å². The number of carbonyl (C=O) groups excluding carboxylic acids is 1. The fraction of sp³-hybridized carbons (Fsp3) is 0.588. The molecule has 0 aliphatic heterocycles. The Morgan fingerprint density at radius 2 is 1.85 bits per heavy atom. The molecule has 0 aliphatic carbocycles. The van der Waals surface area contributed by atoms with Crippen LogP contribution in [0.5, 0.6) is 0 Å². The molecule has 1 atom stereocenters. The van der Waals surface area contributed by atoms with E-state index in [-0.39, 0.29) is 5.91 Å². The van der Waals surface area contributed by atoms with Crippen LogP contribution in [-0.2, 0) is 11.2 Å². The monoisotopic (exact) mass is 276 g/mol. The number of unbranched alkanes of at least 4 members (excludes halogenated alkanes) is 2. The molecule has 1 aromatic rings. The van der Waals surface area contributed by atoms with E-state index in [4.69, 9.17) is 5.73 Å². The molecule has 1 amide bonds. The molecule has 1 unspecified atom stereocenters. The summed E-state index contributed by atoms with van der Waals surface area (Å²) in [6, 6.07) is 7.65. The van der Waals surface area contributed by atoms with Crippen LogP contribution in [0.2, 0.25) is 0 Å². The molecule has 0 aromatic heterocycles. The van der Waals surface area contributed by atoms with E-state index in [0.29, 0.717) is 12.3 Å². The first kappa shape index (κ1) is 16.7. The lowest BCUT2D eigenvalue weighted by molar-refractivity contribution is -0.117. The second-order valence-corrected chi connectivity index (χ2v) is 5.88. The number of amides is 1. The Kier molecular flexibility index (Phi) is 7.31. The van der Waals surface area contributed by atoms with E-state index in [1.807, 2.05) is 12.1 Å². The highest BCUT2D eigenvalue weighted by atomic mass is 16.2. The normalized spacial score (nSPS) is 12.4. The third-order valence-corrected chi connectivity index (χ3v) is 3.35. The summed E-state index contributed by atoms with van der Waals surface area (Å²) in [6.45, 7) is 6.34. The second-order valence-electron chi connectivity index (χ2n) is 5.88. The van der Waals surface area contributed by atoms with Crippen molar-refractivity contribution >= 4 is 11.6 Å². The Hall–Kier alpha value is -1.35. The minimum absolute atomic E-state index is 0.0996. The van der Waals surface area contributed by atoms with E-state index >= 15 is 0 Å². The molecule has 1 rings (SSSR count). The molecule has 3 N–H and O–H groups in total. The minimum Gasteiger partial charge on any atom is -0.325 e. The smallest absolute Gasteiger partial charge is 0.241 e. The fourth-order valence-electron chi connectivity index (χ4n) is 2.18. The number of benzene rings is 1. The summed E-state index contributed by atoms with van der Waals surface area (Å²) >= 11 is 0. The van der Waals surface area contributed by atoms with Crippen molar-refractivity contribution in [1.29, 1.82) is 0 Å². The third-order valence-electron chi connectivity index (χ3n) is 3.35. The predicted octanol–water partition coefficient (Wildman–Crippen LogP) is 3.73. The van der Waals surface area contributed by atoms with E-state index in [9.17, 15) is 4.79 Å². The van der Waals surface area contributed by atoms with E-state index in [2.05, 4.69) is 38.2 Å². The SMILES string of the molecule is CCCCCc1ccc(NC(=O)C(N)CC(C)C)cc1. The fourth-order valence-corrected chi connectivity index (χ4v) is 2.18. The van der Waals surface area contributed by atoms with Crippen LogP contribution in [0.25, 0.3) is 0 Å². The molecule has 0 bridgehead atoms. The molecule has 0 heterocycles. The van der Waals surface area contributed by atoms with Crippen molar-refractivity contribution in [2.24, 2.45) is 11.7 Å². The van der Waals surface area contributed by atoms with Gasteiger partial charge in [-0.05, 0) is 42.9 Å². The molecule has 0 spiro atoms. The Morgan fingerprint density at radius 3 is 2.40 bits per heavy atom. The number of carbonyl (C=O) groups is 1. The maximum absolute atomic E-state index is 11.9. The lowest BCUT2D eigenvalue weighted by atomic mass is 10.0. The molecule has 0 aliphatic rings. The number of hydrogen-bond donors (Lipinski definition) is 2. The van der Waals surface area contributed by atoms with Gasteiger partial charge in [0, 0.05) is 5.69 Å².